The number of hydrogen-bond donors (Lipinski definition) is 0. The molecule has 0 atom stereocenters. The molecule has 2 aromatic rings. The van der Waals surface area contributed by atoms with Crippen molar-refractivity contribution in [2.75, 3.05) is 0 Å². The number of hydrogen-bond acceptors (Lipinski definition) is 4. The van der Waals surface area contributed by atoms with Crippen LogP contribution in [0.4, 0.5) is 18.9 Å². The van der Waals surface area contributed by atoms with E-state index >= 15 is 0 Å². The molecule has 0 radical (unpaired) electrons. The fourth-order valence-electron chi connectivity index (χ4n) is 1.46. The Morgan fingerprint density at radius 2 is 2.00 bits per heavy atom. The third-order valence-electron chi connectivity index (χ3n) is 2.36. The zero-order chi connectivity index (χ0) is 15.6. The SMILES string of the molecule is O=[N+]([O-])c1cnc(C(F)(F)F)cc1Oc1cccc(Br)c1. The minimum atomic E-state index is -4.72. The molecule has 0 aliphatic heterocycles. The molecule has 0 amide bonds. The summed E-state index contributed by atoms with van der Waals surface area (Å²) in [7, 11) is 0. The van der Waals surface area contributed by atoms with E-state index in [9.17, 15) is 23.3 Å². The van der Waals surface area contributed by atoms with Crippen LogP contribution in [0.25, 0.3) is 0 Å². The number of nitro groups is 1. The Morgan fingerprint density at radius 3 is 2.57 bits per heavy atom. The maximum absolute atomic E-state index is 12.6. The van der Waals surface area contributed by atoms with Gasteiger partial charge in [-0.15, -0.1) is 0 Å². The van der Waals surface area contributed by atoms with Crippen LogP contribution in [-0.2, 0) is 6.18 Å². The lowest BCUT2D eigenvalue weighted by atomic mass is 10.3. The second-order valence-corrected chi connectivity index (χ2v) is 4.77. The van der Waals surface area contributed by atoms with Crippen molar-refractivity contribution >= 4 is 21.6 Å². The molecule has 0 N–H and O–H groups in total. The number of alkyl halides is 3. The van der Waals surface area contributed by atoms with Gasteiger partial charge in [-0.05, 0) is 18.2 Å². The molecule has 9 heteroatoms. The van der Waals surface area contributed by atoms with Crippen LogP contribution in [0.3, 0.4) is 0 Å². The number of pyridine rings is 1. The van der Waals surface area contributed by atoms with Crippen molar-refractivity contribution < 1.29 is 22.8 Å². The van der Waals surface area contributed by atoms with Crippen LogP contribution in [0.15, 0.2) is 41.0 Å². The van der Waals surface area contributed by atoms with Crippen LogP contribution in [-0.4, -0.2) is 9.91 Å². The molecule has 110 valence electrons. The first-order chi connectivity index (χ1) is 9.77. The predicted molar refractivity (Wildman–Crippen MR) is 70.1 cm³/mol. The van der Waals surface area contributed by atoms with Gasteiger partial charge in [0.15, 0.2) is 0 Å². The molecular weight excluding hydrogens is 357 g/mol. The summed E-state index contributed by atoms with van der Waals surface area (Å²) < 4.78 is 43.6. The van der Waals surface area contributed by atoms with Gasteiger partial charge < -0.3 is 4.74 Å². The smallest absolute Gasteiger partial charge is 0.433 e. The van der Waals surface area contributed by atoms with E-state index in [1.54, 1.807) is 12.1 Å². The Labute approximate surface area is 124 Å². The molecule has 1 aromatic heterocycles. The minimum absolute atomic E-state index is 0.159. The number of nitrogens with zero attached hydrogens (tertiary/aromatic N) is 2. The van der Waals surface area contributed by atoms with Crippen molar-refractivity contribution in [3.63, 3.8) is 0 Å². The van der Waals surface area contributed by atoms with Gasteiger partial charge in [-0.1, -0.05) is 22.0 Å². The summed E-state index contributed by atoms with van der Waals surface area (Å²) in [6, 6.07) is 6.69. The first kappa shape index (κ1) is 15.2. The Morgan fingerprint density at radius 1 is 1.29 bits per heavy atom. The van der Waals surface area contributed by atoms with Gasteiger partial charge in [0.1, 0.15) is 17.6 Å². The van der Waals surface area contributed by atoms with Crippen LogP contribution < -0.4 is 4.74 Å². The second-order valence-electron chi connectivity index (χ2n) is 3.85. The lowest BCUT2D eigenvalue weighted by Crippen LogP contribution is -2.08. The van der Waals surface area contributed by atoms with E-state index in [4.69, 9.17) is 4.74 Å². The van der Waals surface area contributed by atoms with Gasteiger partial charge in [-0.2, -0.15) is 13.2 Å². The fourth-order valence-corrected chi connectivity index (χ4v) is 1.84. The topological polar surface area (TPSA) is 65.3 Å². The monoisotopic (exact) mass is 362 g/mol. The van der Waals surface area contributed by atoms with E-state index in [2.05, 4.69) is 20.9 Å². The first-order valence-corrected chi connectivity index (χ1v) is 6.22. The van der Waals surface area contributed by atoms with Gasteiger partial charge in [-0.25, -0.2) is 4.98 Å². The zero-order valence-corrected chi connectivity index (χ0v) is 11.7. The zero-order valence-electron chi connectivity index (χ0n) is 10.1. The van der Waals surface area contributed by atoms with Crippen molar-refractivity contribution in [3.8, 4) is 11.5 Å². The third-order valence-corrected chi connectivity index (χ3v) is 2.85. The van der Waals surface area contributed by atoms with Crippen molar-refractivity contribution in [2.24, 2.45) is 0 Å². The molecule has 0 fully saturated rings. The minimum Gasteiger partial charge on any atom is -0.450 e. The van der Waals surface area contributed by atoms with Crippen LogP contribution in [0, 0.1) is 10.1 Å². The molecule has 0 saturated carbocycles. The molecule has 0 bridgehead atoms. The molecule has 21 heavy (non-hydrogen) atoms. The maximum Gasteiger partial charge on any atom is 0.433 e. The highest BCUT2D eigenvalue weighted by Gasteiger charge is 2.34. The Bertz CT molecular complexity index is 692. The van der Waals surface area contributed by atoms with Gasteiger partial charge in [-0.3, -0.25) is 10.1 Å². The maximum atomic E-state index is 12.6. The molecule has 2 rings (SSSR count). The summed E-state index contributed by atoms with van der Waals surface area (Å²) >= 11 is 3.16. The largest absolute Gasteiger partial charge is 0.450 e. The van der Waals surface area contributed by atoms with E-state index in [1.807, 2.05) is 0 Å². The first-order valence-electron chi connectivity index (χ1n) is 5.42. The van der Waals surface area contributed by atoms with Crippen molar-refractivity contribution in [2.45, 2.75) is 6.18 Å². The van der Waals surface area contributed by atoms with Gasteiger partial charge in [0.25, 0.3) is 0 Å². The summed E-state index contributed by atoms with van der Waals surface area (Å²) in [5, 5.41) is 10.8. The van der Waals surface area contributed by atoms with E-state index in [-0.39, 0.29) is 5.75 Å². The summed E-state index contributed by atoms with van der Waals surface area (Å²) in [6.07, 6.45) is -4.19. The number of aromatic nitrogens is 1. The van der Waals surface area contributed by atoms with Gasteiger partial charge in [0, 0.05) is 10.5 Å². The molecule has 5 nitrogen and oxygen atoms in total. The molecule has 0 unspecified atom stereocenters. The molecule has 1 heterocycles. The van der Waals surface area contributed by atoms with E-state index in [0.29, 0.717) is 16.7 Å². The van der Waals surface area contributed by atoms with Crippen molar-refractivity contribution in [3.05, 3.63) is 56.8 Å². The number of rotatable bonds is 3. The van der Waals surface area contributed by atoms with Crippen molar-refractivity contribution in [1.82, 2.24) is 4.98 Å². The van der Waals surface area contributed by atoms with Crippen LogP contribution >= 0.6 is 15.9 Å². The molecule has 1 aromatic carbocycles. The second kappa shape index (κ2) is 5.68. The molecule has 0 aliphatic carbocycles. The number of ether oxygens (including phenoxy) is 1. The third kappa shape index (κ3) is 3.69. The van der Waals surface area contributed by atoms with E-state index in [1.165, 1.54) is 12.1 Å². The van der Waals surface area contributed by atoms with Gasteiger partial charge in [0.05, 0.1) is 4.92 Å². The number of benzene rings is 1. The molecular formula is C12H6BrF3N2O3. The van der Waals surface area contributed by atoms with Crippen LogP contribution in [0.5, 0.6) is 11.5 Å². The average Bonchev–Trinajstić information content (AvgIpc) is 2.37. The van der Waals surface area contributed by atoms with Crippen LogP contribution in [0.1, 0.15) is 5.69 Å². The van der Waals surface area contributed by atoms with E-state index < -0.39 is 28.2 Å². The normalized spacial score (nSPS) is 11.2. The molecule has 0 spiro atoms. The average molecular weight is 363 g/mol. The highest BCUT2D eigenvalue weighted by molar-refractivity contribution is 9.10. The van der Waals surface area contributed by atoms with Gasteiger partial charge in [0.2, 0.25) is 5.75 Å². The fraction of sp³-hybridized carbons (Fsp3) is 0.0833. The Balaban J connectivity index is 2.46. The highest BCUT2D eigenvalue weighted by atomic mass is 79.9. The van der Waals surface area contributed by atoms with Crippen molar-refractivity contribution in [1.29, 1.82) is 0 Å². The highest BCUT2D eigenvalue weighted by Crippen LogP contribution is 2.36. The summed E-state index contributed by atoms with van der Waals surface area (Å²) in [5.74, 6) is -0.368. The summed E-state index contributed by atoms with van der Waals surface area (Å²) in [5.41, 5.74) is -1.92. The van der Waals surface area contributed by atoms with Crippen LogP contribution in [0.2, 0.25) is 0 Å². The predicted octanol–water partition coefficient (Wildman–Crippen LogP) is 4.56. The Hall–Kier alpha value is -2.16. The standard InChI is InChI=1S/C12H6BrF3N2O3/c13-7-2-1-3-8(4-7)21-10-5-11(12(14,15)16)17-6-9(10)18(19)20/h1-6H. The summed E-state index contributed by atoms with van der Waals surface area (Å²) in [4.78, 5) is 13.0. The molecule has 0 saturated heterocycles. The number of halogens is 4. The molecule has 0 aliphatic rings. The Kier molecular flexibility index (Phi) is 4.12. The van der Waals surface area contributed by atoms with Gasteiger partial charge >= 0.3 is 11.9 Å². The lowest BCUT2D eigenvalue weighted by molar-refractivity contribution is -0.386. The summed E-state index contributed by atoms with van der Waals surface area (Å²) in [6.45, 7) is 0. The van der Waals surface area contributed by atoms with E-state index in [0.717, 1.165) is 0 Å². The quantitative estimate of drug-likeness (QED) is 0.592. The lowest BCUT2D eigenvalue weighted by Gasteiger charge is -2.10.